The van der Waals surface area contributed by atoms with Gasteiger partial charge in [0.25, 0.3) is 0 Å². The molecule has 18 heavy (non-hydrogen) atoms. The molecule has 2 aromatic rings. The molecule has 0 aliphatic heterocycles. The third-order valence-corrected chi connectivity index (χ3v) is 3.58. The molecule has 2 rings (SSSR count). The quantitative estimate of drug-likeness (QED) is 0.919. The molecule has 0 saturated heterocycles. The number of halogens is 1. The number of benzene rings is 1. The molecule has 0 aliphatic rings. The molecular weight excluding hydrogens is 246 g/mol. The van der Waals surface area contributed by atoms with Crippen LogP contribution in [0.25, 0.3) is 0 Å². The Morgan fingerprint density at radius 2 is 1.78 bits per heavy atom. The van der Waals surface area contributed by atoms with Gasteiger partial charge in [-0.2, -0.15) is 5.10 Å². The molecule has 0 unspecified atom stereocenters. The van der Waals surface area contributed by atoms with E-state index in [1.165, 1.54) is 11.1 Å². The van der Waals surface area contributed by atoms with E-state index in [-0.39, 0.29) is 0 Å². The van der Waals surface area contributed by atoms with Gasteiger partial charge in [-0.05, 0) is 32.0 Å². The van der Waals surface area contributed by atoms with Crippen molar-refractivity contribution >= 4 is 11.6 Å². The van der Waals surface area contributed by atoms with Crippen molar-refractivity contribution < 1.29 is 0 Å². The van der Waals surface area contributed by atoms with Crippen molar-refractivity contribution in [2.45, 2.75) is 26.9 Å². The number of hydrogen-bond acceptors (Lipinski definition) is 2. The summed E-state index contributed by atoms with van der Waals surface area (Å²) in [5, 5.41) is 8.34. The Balaban J connectivity index is 2.15. The van der Waals surface area contributed by atoms with Gasteiger partial charge >= 0.3 is 0 Å². The van der Waals surface area contributed by atoms with E-state index in [0.717, 1.165) is 29.5 Å². The maximum atomic E-state index is 6.14. The molecule has 0 aliphatic carbocycles. The second-order valence-electron chi connectivity index (χ2n) is 4.49. The van der Waals surface area contributed by atoms with Gasteiger partial charge in [0.1, 0.15) is 0 Å². The van der Waals surface area contributed by atoms with Crippen LogP contribution in [0.1, 0.15) is 22.5 Å². The summed E-state index contributed by atoms with van der Waals surface area (Å²) in [5.41, 5.74) is 4.43. The molecule has 1 heterocycles. The first-order chi connectivity index (χ1) is 8.61. The smallest absolute Gasteiger partial charge is 0.0844 e. The summed E-state index contributed by atoms with van der Waals surface area (Å²) < 4.78 is 1.95. The molecule has 1 aromatic heterocycles. The standard InChI is InChI=1S/C14H18ClN3/c1-10-14(15)11(2)18(17-10)9-13-6-4-12(5-7-13)8-16-3/h4-7,16H,8-9H2,1-3H3. The van der Waals surface area contributed by atoms with E-state index < -0.39 is 0 Å². The lowest BCUT2D eigenvalue weighted by Crippen LogP contribution is -2.06. The predicted octanol–water partition coefficient (Wildman–Crippen LogP) is 2.92. The molecule has 96 valence electrons. The number of hydrogen-bond donors (Lipinski definition) is 1. The SMILES string of the molecule is CNCc1ccc(Cn2nc(C)c(Cl)c2C)cc1. The van der Waals surface area contributed by atoms with E-state index in [1.807, 2.05) is 25.6 Å². The van der Waals surface area contributed by atoms with Gasteiger partial charge in [0, 0.05) is 6.54 Å². The van der Waals surface area contributed by atoms with Crippen molar-refractivity contribution in [3.05, 3.63) is 51.8 Å². The van der Waals surface area contributed by atoms with Crippen LogP contribution in [0.15, 0.2) is 24.3 Å². The predicted molar refractivity (Wildman–Crippen MR) is 75.0 cm³/mol. The highest BCUT2D eigenvalue weighted by atomic mass is 35.5. The van der Waals surface area contributed by atoms with Crippen molar-refractivity contribution in [1.29, 1.82) is 0 Å². The van der Waals surface area contributed by atoms with Crippen LogP contribution >= 0.6 is 11.6 Å². The Kier molecular flexibility index (Phi) is 4.04. The molecular formula is C14H18ClN3. The van der Waals surface area contributed by atoms with Gasteiger partial charge in [0.05, 0.1) is 23.0 Å². The number of aryl methyl sites for hydroxylation is 1. The second kappa shape index (κ2) is 5.55. The molecule has 0 bridgehead atoms. The summed E-state index contributed by atoms with van der Waals surface area (Å²) in [5.74, 6) is 0. The zero-order valence-corrected chi connectivity index (χ0v) is 11.8. The zero-order chi connectivity index (χ0) is 13.1. The Morgan fingerprint density at radius 1 is 1.17 bits per heavy atom. The van der Waals surface area contributed by atoms with E-state index in [9.17, 15) is 0 Å². The van der Waals surface area contributed by atoms with Crippen molar-refractivity contribution in [2.24, 2.45) is 0 Å². The molecule has 0 saturated carbocycles. The lowest BCUT2D eigenvalue weighted by Gasteiger charge is -2.06. The molecule has 0 fully saturated rings. The third-order valence-electron chi connectivity index (χ3n) is 3.03. The summed E-state index contributed by atoms with van der Waals surface area (Å²) in [6.45, 7) is 5.59. The fourth-order valence-corrected chi connectivity index (χ4v) is 2.10. The molecule has 0 amide bonds. The fourth-order valence-electron chi connectivity index (χ4n) is 1.97. The lowest BCUT2D eigenvalue weighted by atomic mass is 10.1. The van der Waals surface area contributed by atoms with Crippen molar-refractivity contribution in [3.63, 3.8) is 0 Å². The number of nitrogens with zero attached hydrogens (tertiary/aromatic N) is 2. The molecule has 0 spiro atoms. The van der Waals surface area contributed by atoms with Crippen LogP contribution in [0, 0.1) is 13.8 Å². The van der Waals surface area contributed by atoms with Crippen molar-refractivity contribution in [2.75, 3.05) is 7.05 Å². The van der Waals surface area contributed by atoms with E-state index in [2.05, 4.69) is 34.7 Å². The Morgan fingerprint density at radius 3 is 2.28 bits per heavy atom. The van der Waals surface area contributed by atoms with Crippen LogP contribution in [0.5, 0.6) is 0 Å². The lowest BCUT2D eigenvalue weighted by molar-refractivity contribution is 0.658. The first-order valence-corrected chi connectivity index (χ1v) is 6.41. The van der Waals surface area contributed by atoms with Crippen LogP contribution in [-0.2, 0) is 13.1 Å². The molecule has 1 aromatic carbocycles. The molecule has 3 nitrogen and oxygen atoms in total. The van der Waals surface area contributed by atoms with Crippen molar-refractivity contribution in [1.82, 2.24) is 15.1 Å². The Labute approximate surface area is 113 Å². The number of nitrogens with one attached hydrogen (secondary N) is 1. The first-order valence-electron chi connectivity index (χ1n) is 6.03. The van der Waals surface area contributed by atoms with E-state index in [1.54, 1.807) is 0 Å². The van der Waals surface area contributed by atoms with E-state index >= 15 is 0 Å². The first kappa shape index (κ1) is 13.1. The van der Waals surface area contributed by atoms with Gasteiger partial charge in [-0.3, -0.25) is 4.68 Å². The average molecular weight is 264 g/mol. The molecule has 0 atom stereocenters. The molecule has 0 radical (unpaired) electrons. The van der Waals surface area contributed by atoms with Gasteiger partial charge in [0.15, 0.2) is 0 Å². The highest BCUT2D eigenvalue weighted by Crippen LogP contribution is 2.19. The van der Waals surface area contributed by atoms with Crippen LogP contribution in [0.4, 0.5) is 0 Å². The van der Waals surface area contributed by atoms with E-state index in [4.69, 9.17) is 11.6 Å². The summed E-state index contributed by atoms with van der Waals surface area (Å²) in [6.07, 6.45) is 0. The van der Waals surface area contributed by atoms with Gasteiger partial charge in [-0.1, -0.05) is 35.9 Å². The number of aromatic nitrogens is 2. The monoisotopic (exact) mass is 263 g/mol. The average Bonchev–Trinajstić information content (AvgIpc) is 2.60. The Bertz CT molecular complexity index is 529. The maximum absolute atomic E-state index is 6.14. The van der Waals surface area contributed by atoms with Gasteiger partial charge in [-0.15, -0.1) is 0 Å². The van der Waals surface area contributed by atoms with Gasteiger partial charge < -0.3 is 5.32 Å². The molecule has 4 heteroatoms. The highest BCUT2D eigenvalue weighted by molar-refractivity contribution is 6.31. The molecule has 1 N–H and O–H groups in total. The highest BCUT2D eigenvalue weighted by Gasteiger charge is 2.09. The summed E-state index contributed by atoms with van der Waals surface area (Å²) in [7, 11) is 1.95. The minimum Gasteiger partial charge on any atom is -0.316 e. The summed E-state index contributed by atoms with van der Waals surface area (Å²) in [4.78, 5) is 0. The topological polar surface area (TPSA) is 29.9 Å². The minimum absolute atomic E-state index is 0.763. The fraction of sp³-hybridized carbons (Fsp3) is 0.357. The maximum Gasteiger partial charge on any atom is 0.0844 e. The number of rotatable bonds is 4. The van der Waals surface area contributed by atoms with Crippen LogP contribution in [-0.4, -0.2) is 16.8 Å². The van der Waals surface area contributed by atoms with Gasteiger partial charge in [-0.25, -0.2) is 0 Å². The normalized spacial score (nSPS) is 10.9. The van der Waals surface area contributed by atoms with Crippen LogP contribution in [0.2, 0.25) is 5.02 Å². The van der Waals surface area contributed by atoms with E-state index in [0.29, 0.717) is 0 Å². The largest absolute Gasteiger partial charge is 0.316 e. The van der Waals surface area contributed by atoms with Gasteiger partial charge in [0.2, 0.25) is 0 Å². The zero-order valence-electron chi connectivity index (χ0n) is 11.0. The minimum atomic E-state index is 0.763. The van der Waals surface area contributed by atoms with Crippen LogP contribution < -0.4 is 5.32 Å². The summed E-state index contributed by atoms with van der Waals surface area (Å²) >= 11 is 6.14. The second-order valence-corrected chi connectivity index (χ2v) is 4.87. The third kappa shape index (κ3) is 2.74. The van der Waals surface area contributed by atoms with Crippen LogP contribution in [0.3, 0.4) is 0 Å². The van der Waals surface area contributed by atoms with Crippen molar-refractivity contribution in [3.8, 4) is 0 Å². The Hall–Kier alpha value is -1.32. The summed E-state index contributed by atoms with van der Waals surface area (Å²) in [6, 6.07) is 8.55.